The third-order valence-electron chi connectivity index (χ3n) is 5.09. The number of aliphatic hydroxyl groups is 1. The Labute approximate surface area is 130 Å². The molecule has 2 fully saturated rings. The summed E-state index contributed by atoms with van der Waals surface area (Å²) >= 11 is 0. The number of fused-ring (bicyclic) bond motifs is 2. The standard InChI is InChI=1S/C17H21N3O2/c18-8-7-11-1-5-14(6-2-11)19-17(22)20-16-13-4-3-12(9-13)15(16)10-21/h1-2,5-6,12-13,15-16,21H,3-4,7,9-10H2,(H2,19,20,22)/t12-,13-,15+,16-/m0/s1. The minimum Gasteiger partial charge on any atom is -0.396 e. The molecule has 5 heteroatoms. The van der Waals surface area contributed by atoms with Gasteiger partial charge in [-0.15, -0.1) is 0 Å². The molecular formula is C17H21N3O2. The third kappa shape index (κ3) is 2.93. The predicted octanol–water partition coefficient (Wildman–Crippen LogP) is 2.28. The van der Waals surface area contributed by atoms with E-state index in [2.05, 4.69) is 16.7 Å². The molecule has 4 atom stereocenters. The molecule has 1 aromatic carbocycles. The number of nitrogens with one attached hydrogen (secondary N) is 2. The molecule has 0 saturated heterocycles. The summed E-state index contributed by atoms with van der Waals surface area (Å²) in [5.74, 6) is 1.26. The lowest BCUT2D eigenvalue weighted by Crippen LogP contribution is -2.46. The Balaban J connectivity index is 1.57. The van der Waals surface area contributed by atoms with Gasteiger partial charge in [-0.25, -0.2) is 4.79 Å². The molecule has 2 bridgehead atoms. The van der Waals surface area contributed by atoms with E-state index in [1.54, 1.807) is 12.1 Å². The van der Waals surface area contributed by atoms with Crippen LogP contribution in [0.1, 0.15) is 24.8 Å². The molecule has 3 N–H and O–H groups in total. The Bertz CT molecular complexity index is 579. The third-order valence-corrected chi connectivity index (χ3v) is 5.09. The number of aliphatic hydroxyl groups excluding tert-OH is 1. The molecule has 0 radical (unpaired) electrons. The van der Waals surface area contributed by atoms with Gasteiger partial charge in [0.05, 0.1) is 12.5 Å². The van der Waals surface area contributed by atoms with Crippen molar-refractivity contribution in [2.45, 2.75) is 31.7 Å². The van der Waals surface area contributed by atoms with Crippen LogP contribution in [0.5, 0.6) is 0 Å². The SMILES string of the molecule is N#CCc1ccc(NC(=O)N[C@H]2[C@H]3CC[C@@H](C3)[C@H]2CO)cc1. The van der Waals surface area contributed by atoms with Gasteiger partial charge in [0.15, 0.2) is 0 Å². The number of urea groups is 1. The van der Waals surface area contributed by atoms with E-state index >= 15 is 0 Å². The number of nitriles is 1. The van der Waals surface area contributed by atoms with Gasteiger partial charge in [-0.2, -0.15) is 5.26 Å². The summed E-state index contributed by atoms with van der Waals surface area (Å²) < 4.78 is 0. The van der Waals surface area contributed by atoms with Crippen molar-refractivity contribution in [3.8, 4) is 6.07 Å². The van der Waals surface area contributed by atoms with Gasteiger partial charge in [0.2, 0.25) is 0 Å². The number of rotatable bonds is 4. The lowest BCUT2D eigenvalue weighted by atomic mass is 9.85. The van der Waals surface area contributed by atoms with Crippen LogP contribution in [0, 0.1) is 29.1 Å². The summed E-state index contributed by atoms with van der Waals surface area (Å²) in [5.41, 5.74) is 1.64. The molecule has 0 aromatic heterocycles. The average molecular weight is 299 g/mol. The summed E-state index contributed by atoms with van der Waals surface area (Å²) in [4.78, 5) is 12.2. The van der Waals surface area contributed by atoms with Crippen LogP contribution in [0.15, 0.2) is 24.3 Å². The second-order valence-electron chi connectivity index (χ2n) is 6.34. The predicted molar refractivity (Wildman–Crippen MR) is 83.1 cm³/mol. The maximum absolute atomic E-state index is 12.2. The highest BCUT2D eigenvalue weighted by molar-refractivity contribution is 5.89. The van der Waals surface area contributed by atoms with Crippen LogP contribution in [-0.4, -0.2) is 23.8 Å². The van der Waals surface area contributed by atoms with E-state index in [0.717, 1.165) is 18.4 Å². The number of benzene rings is 1. The number of carbonyl (C=O) groups is 1. The van der Waals surface area contributed by atoms with Crippen molar-refractivity contribution in [3.63, 3.8) is 0 Å². The van der Waals surface area contributed by atoms with Gasteiger partial charge in [-0.3, -0.25) is 0 Å². The molecular weight excluding hydrogens is 278 g/mol. The Morgan fingerprint density at radius 2 is 2.00 bits per heavy atom. The van der Waals surface area contributed by atoms with Gasteiger partial charge in [-0.1, -0.05) is 12.1 Å². The number of amides is 2. The van der Waals surface area contributed by atoms with Crippen molar-refractivity contribution >= 4 is 11.7 Å². The molecule has 0 aliphatic heterocycles. The molecule has 5 nitrogen and oxygen atoms in total. The highest BCUT2D eigenvalue weighted by atomic mass is 16.3. The van der Waals surface area contributed by atoms with E-state index in [-0.39, 0.29) is 24.6 Å². The zero-order valence-corrected chi connectivity index (χ0v) is 12.5. The molecule has 1 aromatic rings. The highest BCUT2D eigenvalue weighted by Crippen LogP contribution is 2.48. The largest absolute Gasteiger partial charge is 0.396 e. The maximum atomic E-state index is 12.2. The molecule has 22 heavy (non-hydrogen) atoms. The van der Waals surface area contributed by atoms with Crippen LogP contribution in [0.2, 0.25) is 0 Å². The maximum Gasteiger partial charge on any atom is 0.319 e. The van der Waals surface area contributed by atoms with Crippen molar-refractivity contribution < 1.29 is 9.90 Å². The topological polar surface area (TPSA) is 85.2 Å². The van der Waals surface area contributed by atoms with Crippen molar-refractivity contribution in [1.29, 1.82) is 5.26 Å². The molecule has 0 spiro atoms. The van der Waals surface area contributed by atoms with Crippen molar-refractivity contribution in [1.82, 2.24) is 5.32 Å². The Morgan fingerprint density at radius 1 is 1.27 bits per heavy atom. The lowest BCUT2D eigenvalue weighted by molar-refractivity contribution is 0.146. The van der Waals surface area contributed by atoms with E-state index in [4.69, 9.17) is 5.26 Å². The molecule has 2 amide bonds. The van der Waals surface area contributed by atoms with E-state index in [9.17, 15) is 9.90 Å². The number of hydrogen-bond donors (Lipinski definition) is 3. The summed E-state index contributed by atoms with van der Waals surface area (Å²) in [6, 6.07) is 9.25. The van der Waals surface area contributed by atoms with Crippen molar-refractivity contribution in [2.24, 2.45) is 17.8 Å². The van der Waals surface area contributed by atoms with Gasteiger partial charge in [-0.05, 0) is 48.8 Å². The first kappa shape index (κ1) is 14.9. The van der Waals surface area contributed by atoms with Gasteiger partial charge in [0.1, 0.15) is 0 Å². The van der Waals surface area contributed by atoms with E-state index in [1.165, 1.54) is 6.42 Å². The number of anilines is 1. The van der Waals surface area contributed by atoms with Gasteiger partial charge in [0.25, 0.3) is 0 Å². The van der Waals surface area contributed by atoms with E-state index in [1.807, 2.05) is 12.1 Å². The zero-order valence-electron chi connectivity index (χ0n) is 12.5. The fourth-order valence-corrected chi connectivity index (χ4v) is 4.01. The van der Waals surface area contributed by atoms with Crippen LogP contribution >= 0.6 is 0 Å². The summed E-state index contributed by atoms with van der Waals surface area (Å²) in [6.07, 6.45) is 3.82. The Hall–Kier alpha value is -2.06. The van der Waals surface area contributed by atoms with E-state index in [0.29, 0.717) is 23.9 Å². The molecule has 2 saturated carbocycles. The number of carbonyl (C=O) groups excluding carboxylic acids is 1. The summed E-state index contributed by atoms with van der Waals surface area (Å²) in [7, 11) is 0. The monoisotopic (exact) mass is 299 g/mol. The van der Waals surface area contributed by atoms with Crippen molar-refractivity contribution in [2.75, 3.05) is 11.9 Å². The fraction of sp³-hybridized carbons (Fsp3) is 0.529. The van der Waals surface area contributed by atoms with Crippen LogP contribution in [0.25, 0.3) is 0 Å². The molecule has 2 aliphatic carbocycles. The van der Waals surface area contributed by atoms with Crippen LogP contribution in [0.4, 0.5) is 10.5 Å². The summed E-state index contributed by atoms with van der Waals surface area (Å²) in [6.45, 7) is 0.148. The minimum absolute atomic E-state index is 0.0848. The van der Waals surface area contributed by atoms with Gasteiger partial charge in [0, 0.05) is 24.3 Å². The van der Waals surface area contributed by atoms with Crippen LogP contribution in [0.3, 0.4) is 0 Å². The van der Waals surface area contributed by atoms with E-state index < -0.39 is 0 Å². The molecule has 0 unspecified atom stereocenters. The normalized spacial score (nSPS) is 29.1. The molecule has 2 aliphatic rings. The first-order valence-electron chi connectivity index (χ1n) is 7.85. The lowest BCUT2D eigenvalue weighted by Gasteiger charge is -2.30. The number of nitrogens with zero attached hydrogens (tertiary/aromatic N) is 1. The second kappa shape index (κ2) is 6.37. The fourth-order valence-electron chi connectivity index (χ4n) is 4.01. The smallest absolute Gasteiger partial charge is 0.319 e. The molecule has 116 valence electrons. The Morgan fingerprint density at radius 3 is 2.68 bits per heavy atom. The number of hydrogen-bond acceptors (Lipinski definition) is 3. The van der Waals surface area contributed by atoms with Gasteiger partial charge < -0.3 is 15.7 Å². The first-order chi connectivity index (χ1) is 10.7. The Kier molecular flexibility index (Phi) is 4.30. The zero-order chi connectivity index (χ0) is 15.5. The minimum atomic E-state index is -0.218. The summed E-state index contributed by atoms with van der Waals surface area (Å²) in [5, 5.41) is 24.1. The first-order valence-corrected chi connectivity index (χ1v) is 7.85. The quantitative estimate of drug-likeness (QED) is 0.797. The molecule has 0 heterocycles. The van der Waals surface area contributed by atoms with Crippen LogP contribution < -0.4 is 10.6 Å². The second-order valence-corrected chi connectivity index (χ2v) is 6.34. The van der Waals surface area contributed by atoms with Crippen LogP contribution in [-0.2, 0) is 6.42 Å². The molecule has 3 rings (SSSR count). The van der Waals surface area contributed by atoms with Gasteiger partial charge >= 0.3 is 6.03 Å². The van der Waals surface area contributed by atoms with Crippen molar-refractivity contribution in [3.05, 3.63) is 29.8 Å². The average Bonchev–Trinajstić information content (AvgIpc) is 3.10. The highest BCUT2D eigenvalue weighted by Gasteiger charge is 2.47.